The van der Waals surface area contributed by atoms with Gasteiger partial charge in [-0.2, -0.15) is 0 Å². The first kappa shape index (κ1) is 32.0. The zero-order chi connectivity index (χ0) is 34.3. The van der Waals surface area contributed by atoms with Crippen molar-refractivity contribution in [2.75, 3.05) is 7.11 Å². The van der Waals surface area contributed by atoms with Crippen molar-refractivity contribution in [2.24, 2.45) is 0 Å². The molecular weight excluding hydrogens is 641 g/mol. The molecule has 8 rings (SSSR count). The van der Waals surface area contributed by atoms with Gasteiger partial charge in [-0.25, -0.2) is 4.68 Å². The summed E-state index contributed by atoms with van der Waals surface area (Å²) in [5.41, 5.74) is 5.50. The number of amides is 1. The smallest absolute Gasteiger partial charge is 0.244 e. The number of carbonyl (C=O) groups is 1. The summed E-state index contributed by atoms with van der Waals surface area (Å²) in [7, 11) is 1.69. The lowest BCUT2D eigenvalue weighted by Crippen LogP contribution is -2.70. The Bertz CT molecular complexity index is 2060. The highest BCUT2D eigenvalue weighted by atomic mass is 32.2. The average molecular weight is 679 g/mol. The monoisotopic (exact) mass is 678 g/mol. The molecule has 0 bridgehead atoms. The van der Waals surface area contributed by atoms with E-state index in [0.717, 1.165) is 33.6 Å². The molecule has 1 N–H and O–H groups in total. The summed E-state index contributed by atoms with van der Waals surface area (Å²) in [6, 6.07) is 46.7. The number of para-hydroxylation sites is 1. The second-order valence-electron chi connectivity index (χ2n) is 13.3. The molecule has 9 heteroatoms. The van der Waals surface area contributed by atoms with Gasteiger partial charge in [-0.1, -0.05) is 133 Å². The number of rotatable bonds is 10. The fourth-order valence-electron chi connectivity index (χ4n) is 7.58. The second-order valence-corrected chi connectivity index (χ2v) is 15.1. The molecule has 0 aliphatic carbocycles. The van der Waals surface area contributed by atoms with Gasteiger partial charge < -0.3 is 9.64 Å². The number of nitrogens with zero attached hydrogens (tertiary/aromatic N) is 5. The molecule has 2 fully saturated rings. The minimum atomic E-state index is -0.877. The molecular formula is C41H38N6O2S. The Hall–Kier alpha value is -5.25. The fraction of sp³-hybridized carbons (Fsp3) is 0.220. The van der Waals surface area contributed by atoms with Gasteiger partial charge in [0.05, 0.1) is 19.2 Å². The van der Waals surface area contributed by atoms with Crippen LogP contribution in [0.5, 0.6) is 5.75 Å². The molecule has 3 atom stereocenters. The van der Waals surface area contributed by atoms with E-state index in [-0.39, 0.29) is 22.1 Å². The maximum Gasteiger partial charge on any atom is 0.244 e. The third kappa shape index (κ3) is 5.37. The zero-order valence-electron chi connectivity index (χ0n) is 28.2. The van der Waals surface area contributed by atoms with E-state index in [1.165, 1.54) is 5.56 Å². The van der Waals surface area contributed by atoms with Crippen LogP contribution in [0.3, 0.4) is 0 Å². The van der Waals surface area contributed by atoms with Crippen LogP contribution in [0, 0.1) is 0 Å². The number of nitrogens with one attached hydrogen (secondary N) is 1. The van der Waals surface area contributed by atoms with E-state index in [2.05, 4.69) is 101 Å². The van der Waals surface area contributed by atoms with E-state index in [4.69, 9.17) is 4.74 Å². The van der Waals surface area contributed by atoms with Crippen LogP contribution >= 0.6 is 11.8 Å². The minimum absolute atomic E-state index is 0.0194. The number of tetrazole rings is 1. The molecule has 2 aliphatic heterocycles. The SMILES string of the molecule is COc1ccccc1C(NC1C(=O)N2C1SC(C)(C)C2c1nnnn1Cc1ccc(-c2ccccc2)cc1)(c1ccccc1)c1ccccc1. The molecule has 250 valence electrons. The molecule has 50 heavy (non-hydrogen) atoms. The van der Waals surface area contributed by atoms with E-state index in [1.54, 1.807) is 18.9 Å². The molecule has 0 radical (unpaired) electrons. The number of fused-ring (bicyclic) bond motifs is 1. The van der Waals surface area contributed by atoms with Crippen LogP contribution in [0.25, 0.3) is 11.1 Å². The van der Waals surface area contributed by atoms with Crippen molar-refractivity contribution in [1.29, 1.82) is 0 Å². The van der Waals surface area contributed by atoms with Gasteiger partial charge in [0.25, 0.3) is 0 Å². The van der Waals surface area contributed by atoms with Crippen LogP contribution in [0.15, 0.2) is 140 Å². The minimum Gasteiger partial charge on any atom is -0.496 e. The van der Waals surface area contributed by atoms with Gasteiger partial charge in [0.2, 0.25) is 5.91 Å². The van der Waals surface area contributed by atoms with Crippen LogP contribution in [0.2, 0.25) is 0 Å². The van der Waals surface area contributed by atoms with Crippen molar-refractivity contribution >= 4 is 17.7 Å². The summed E-state index contributed by atoms with van der Waals surface area (Å²) in [5, 5.41) is 16.8. The van der Waals surface area contributed by atoms with E-state index in [1.807, 2.05) is 82.4 Å². The highest BCUT2D eigenvalue weighted by molar-refractivity contribution is 8.01. The third-order valence-electron chi connectivity index (χ3n) is 9.94. The maximum absolute atomic E-state index is 14.5. The first-order valence-corrected chi connectivity index (χ1v) is 17.7. The Kier molecular flexibility index (Phi) is 8.25. The number of benzene rings is 5. The summed E-state index contributed by atoms with van der Waals surface area (Å²) in [4.78, 5) is 16.5. The van der Waals surface area contributed by atoms with Crippen molar-refractivity contribution < 1.29 is 9.53 Å². The molecule has 5 aromatic carbocycles. The lowest BCUT2D eigenvalue weighted by Gasteiger charge is -2.49. The number of β-lactam (4-membered cyclic amide) rings is 1. The predicted octanol–water partition coefficient (Wildman–Crippen LogP) is 7.08. The molecule has 2 aliphatic rings. The van der Waals surface area contributed by atoms with Gasteiger partial charge in [-0.15, -0.1) is 16.9 Å². The second kappa shape index (κ2) is 12.9. The van der Waals surface area contributed by atoms with E-state index in [0.29, 0.717) is 12.4 Å². The average Bonchev–Trinajstić information content (AvgIpc) is 3.72. The Morgan fingerprint density at radius 3 is 2.00 bits per heavy atom. The van der Waals surface area contributed by atoms with Gasteiger partial charge in [0, 0.05) is 10.3 Å². The van der Waals surface area contributed by atoms with Crippen LogP contribution in [0.4, 0.5) is 0 Å². The van der Waals surface area contributed by atoms with Crippen molar-refractivity contribution in [3.63, 3.8) is 0 Å². The van der Waals surface area contributed by atoms with Crippen LogP contribution < -0.4 is 10.1 Å². The lowest BCUT2D eigenvalue weighted by molar-refractivity contribution is -0.150. The van der Waals surface area contributed by atoms with Gasteiger partial charge in [-0.3, -0.25) is 10.1 Å². The highest BCUT2D eigenvalue weighted by Crippen LogP contribution is 2.58. The Labute approximate surface area is 296 Å². The predicted molar refractivity (Wildman–Crippen MR) is 197 cm³/mol. The Morgan fingerprint density at radius 2 is 1.36 bits per heavy atom. The molecule has 2 saturated heterocycles. The fourth-order valence-corrected chi connectivity index (χ4v) is 9.21. The molecule has 8 nitrogen and oxygen atoms in total. The van der Waals surface area contributed by atoms with Gasteiger partial charge in [-0.05, 0) is 58.2 Å². The molecule has 3 heterocycles. The van der Waals surface area contributed by atoms with Crippen molar-refractivity contribution in [2.45, 2.75) is 48.1 Å². The van der Waals surface area contributed by atoms with E-state index < -0.39 is 11.6 Å². The first-order chi connectivity index (χ1) is 24.4. The number of methoxy groups -OCH3 is 1. The van der Waals surface area contributed by atoms with E-state index in [9.17, 15) is 4.79 Å². The molecule has 1 amide bonds. The number of aromatic nitrogens is 4. The first-order valence-electron chi connectivity index (χ1n) is 16.8. The van der Waals surface area contributed by atoms with Crippen LogP contribution in [-0.2, 0) is 16.9 Å². The van der Waals surface area contributed by atoms with Crippen LogP contribution in [0.1, 0.15) is 48.0 Å². The summed E-state index contributed by atoms with van der Waals surface area (Å²) in [6.45, 7) is 4.86. The quantitative estimate of drug-likeness (QED) is 0.122. The topological polar surface area (TPSA) is 85.2 Å². The molecule has 6 aromatic rings. The zero-order valence-corrected chi connectivity index (χ0v) is 29.0. The number of hydrogen-bond acceptors (Lipinski definition) is 7. The largest absolute Gasteiger partial charge is 0.496 e. The lowest BCUT2D eigenvalue weighted by atomic mass is 9.75. The Balaban J connectivity index is 1.13. The van der Waals surface area contributed by atoms with Crippen molar-refractivity contribution in [3.8, 4) is 16.9 Å². The van der Waals surface area contributed by atoms with Gasteiger partial charge in [0.1, 0.15) is 23.2 Å². The summed E-state index contributed by atoms with van der Waals surface area (Å²) in [6.07, 6.45) is 0. The number of hydrogen-bond donors (Lipinski definition) is 1. The normalized spacial score (nSPS) is 19.5. The highest BCUT2D eigenvalue weighted by Gasteiger charge is 2.64. The number of thioether (sulfide) groups is 1. The van der Waals surface area contributed by atoms with Gasteiger partial charge >= 0.3 is 0 Å². The molecule has 0 spiro atoms. The summed E-state index contributed by atoms with van der Waals surface area (Å²) in [5.74, 6) is 1.45. The van der Waals surface area contributed by atoms with Gasteiger partial charge in [0.15, 0.2) is 5.82 Å². The number of ether oxygens (including phenoxy) is 1. The van der Waals surface area contributed by atoms with Crippen molar-refractivity contribution in [1.82, 2.24) is 30.4 Å². The molecule has 1 aromatic heterocycles. The third-order valence-corrected chi connectivity index (χ3v) is 11.5. The van der Waals surface area contributed by atoms with E-state index >= 15 is 0 Å². The molecule has 0 saturated carbocycles. The maximum atomic E-state index is 14.5. The summed E-state index contributed by atoms with van der Waals surface area (Å²) >= 11 is 1.79. The number of carbonyl (C=O) groups excluding carboxylic acids is 1. The van der Waals surface area contributed by atoms with Crippen molar-refractivity contribution in [3.05, 3.63) is 168 Å². The molecule has 3 unspecified atom stereocenters. The van der Waals surface area contributed by atoms with Crippen LogP contribution in [-0.4, -0.2) is 54.3 Å². The standard InChI is InChI=1S/C41H38N6O2S/c1-40(2)36(37-43-44-45-46(37)27-28-23-25-30(26-24-28)29-15-7-4-8-16-29)47-38(48)35(39(47)50-40)42-41(31-17-9-5-10-18-31,32-19-11-6-12-20-32)33-21-13-14-22-34(33)49-3/h4-26,35-36,39,42H,27H2,1-3H3. The summed E-state index contributed by atoms with van der Waals surface area (Å²) < 4.78 is 7.45. The Morgan fingerprint density at radius 1 is 0.780 bits per heavy atom.